The second kappa shape index (κ2) is 9.71. The highest BCUT2D eigenvalue weighted by Crippen LogP contribution is 2.31. The van der Waals surface area contributed by atoms with E-state index in [1.165, 1.54) is 26.2 Å². The lowest BCUT2D eigenvalue weighted by Gasteiger charge is -2.20. The van der Waals surface area contributed by atoms with Crippen LogP contribution in [0.1, 0.15) is 95.2 Å². The van der Waals surface area contributed by atoms with Crippen LogP contribution in [0, 0.1) is 5.41 Å². The third kappa shape index (κ3) is 6.99. The van der Waals surface area contributed by atoms with E-state index in [-0.39, 0.29) is 11.5 Å². The molecule has 0 radical (unpaired) electrons. The summed E-state index contributed by atoms with van der Waals surface area (Å²) >= 11 is 0. The maximum atomic E-state index is 12.7. The Labute approximate surface area is 151 Å². The Bertz CT molecular complexity index is 584. The van der Waals surface area contributed by atoms with Gasteiger partial charge in [0.2, 0.25) is 0 Å². The number of rotatable bonds is 9. The number of Topliss-reactive ketones (excluding diaryl/α,β-unsaturated/α-hetero) is 1. The second-order valence-corrected chi connectivity index (χ2v) is 7.65. The molecule has 0 bridgehead atoms. The van der Waals surface area contributed by atoms with Crippen LogP contribution in [0.25, 0.3) is 0 Å². The predicted molar refractivity (Wildman–Crippen MR) is 99.9 cm³/mol. The van der Waals surface area contributed by atoms with Gasteiger partial charge in [-0.2, -0.15) is 0 Å². The van der Waals surface area contributed by atoms with Gasteiger partial charge in [-0.1, -0.05) is 65.9 Å². The van der Waals surface area contributed by atoms with E-state index in [0.29, 0.717) is 17.5 Å². The Kier molecular flexibility index (Phi) is 8.30. The lowest BCUT2D eigenvalue weighted by Crippen LogP contribution is -2.22. The number of esters is 1. The Balaban J connectivity index is 2.95. The Hall–Kier alpha value is -1.68. The van der Waals surface area contributed by atoms with Crippen molar-refractivity contribution >= 4 is 11.8 Å². The summed E-state index contributed by atoms with van der Waals surface area (Å²) in [4.78, 5) is 24.0. The third-order valence-corrected chi connectivity index (χ3v) is 4.15. The first-order chi connectivity index (χ1) is 11.7. The van der Waals surface area contributed by atoms with Crippen LogP contribution in [0.2, 0.25) is 0 Å². The fourth-order valence-corrected chi connectivity index (χ4v) is 2.69. The highest BCUT2D eigenvalue weighted by molar-refractivity contribution is 6.02. The minimum absolute atomic E-state index is 0.110. The van der Waals surface area contributed by atoms with E-state index < -0.39 is 17.5 Å². The number of ketones is 1. The van der Waals surface area contributed by atoms with Crippen molar-refractivity contribution < 1.29 is 19.4 Å². The molecule has 0 aliphatic rings. The van der Waals surface area contributed by atoms with Crippen molar-refractivity contribution in [3.8, 4) is 5.75 Å². The maximum Gasteiger partial charge on any atom is 0.308 e. The molecule has 0 aromatic heterocycles. The minimum Gasteiger partial charge on any atom is -0.426 e. The summed E-state index contributed by atoms with van der Waals surface area (Å²) in [5.41, 5.74) is 0.447. The van der Waals surface area contributed by atoms with Gasteiger partial charge in [-0.15, -0.1) is 0 Å². The van der Waals surface area contributed by atoms with Crippen LogP contribution in [0.15, 0.2) is 18.2 Å². The lowest BCUT2D eigenvalue weighted by atomic mass is 9.85. The summed E-state index contributed by atoms with van der Waals surface area (Å²) in [5.74, 6) is -0.320. The van der Waals surface area contributed by atoms with Crippen molar-refractivity contribution in [3.63, 3.8) is 0 Å². The summed E-state index contributed by atoms with van der Waals surface area (Å²) in [5, 5.41) is 10.4. The van der Waals surface area contributed by atoms with E-state index in [1.807, 2.05) is 20.8 Å². The number of aliphatic hydroxyl groups excluding tert-OH is 1. The molecule has 0 amide bonds. The largest absolute Gasteiger partial charge is 0.426 e. The SMILES string of the molecule is CCCCCCCC(O)c1ccc(OC(C)=O)c(C(=O)C(C)(C)C)c1. The quantitative estimate of drug-likeness (QED) is 0.287. The van der Waals surface area contributed by atoms with Crippen LogP contribution in [-0.4, -0.2) is 16.9 Å². The molecule has 1 N–H and O–H groups in total. The highest BCUT2D eigenvalue weighted by Gasteiger charge is 2.27. The van der Waals surface area contributed by atoms with Crippen molar-refractivity contribution in [3.05, 3.63) is 29.3 Å². The normalized spacial score (nSPS) is 12.7. The van der Waals surface area contributed by atoms with Crippen LogP contribution < -0.4 is 4.74 Å². The zero-order valence-corrected chi connectivity index (χ0v) is 16.2. The van der Waals surface area contributed by atoms with Crippen LogP contribution in [0.4, 0.5) is 0 Å². The maximum absolute atomic E-state index is 12.7. The first kappa shape index (κ1) is 21.4. The first-order valence-electron chi connectivity index (χ1n) is 9.22. The van der Waals surface area contributed by atoms with Gasteiger partial charge in [-0.3, -0.25) is 9.59 Å². The number of hydrogen-bond acceptors (Lipinski definition) is 4. The molecule has 0 saturated carbocycles. The molecule has 25 heavy (non-hydrogen) atoms. The van der Waals surface area contributed by atoms with Crippen LogP contribution in [-0.2, 0) is 4.79 Å². The van der Waals surface area contributed by atoms with E-state index in [4.69, 9.17) is 4.74 Å². The van der Waals surface area contributed by atoms with Gasteiger partial charge >= 0.3 is 5.97 Å². The zero-order valence-electron chi connectivity index (χ0n) is 16.2. The van der Waals surface area contributed by atoms with Gasteiger partial charge in [0.05, 0.1) is 11.7 Å². The first-order valence-corrected chi connectivity index (χ1v) is 9.22. The molecule has 1 rings (SSSR count). The molecule has 0 spiro atoms. The number of carbonyl (C=O) groups is 2. The molecular weight excluding hydrogens is 316 g/mol. The number of hydrogen-bond donors (Lipinski definition) is 1. The number of unbranched alkanes of at least 4 members (excludes halogenated alkanes) is 4. The van der Waals surface area contributed by atoms with E-state index >= 15 is 0 Å². The highest BCUT2D eigenvalue weighted by atomic mass is 16.5. The average Bonchev–Trinajstić information content (AvgIpc) is 2.52. The third-order valence-electron chi connectivity index (χ3n) is 4.15. The molecule has 4 heteroatoms. The summed E-state index contributed by atoms with van der Waals surface area (Å²) in [7, 11) is 0. The van der Waals surface area contributed by atoms with E-state index in [9.17, 15) is 14.7 Å². The van der Waals surface area contributed by atoms with E-state index in [2.05, 4.69) is 6.92 Å². The Morgan fingerprint density at radius 3 is 2.32 bits per heavy atom. The smallest absolute Gasteiger partial charge is 0.308 e. The zero-order chi connectivity index (χ0) is 19.0. The van der Waals surface area contributed by atoms with Gasteiger partial charge in [-0.25, -0.2) is 0 Å². The Morgan fingerprint density at radius 2 is 1.76 bits per heavy atom. The molecule has 0 heterocycles. The van der Waals surface area contributed by atoms with Gasteiger partial charge in [0, 0.05) is 12.3 Å². The van der Waals surface area contributed by atoms with Crippen LogP contribution in [0.5, 0.6) is 5.75 Å². The number of ether oxygens (including phenoxy) is 1. The van der Waals surface area contributed by atoms with E-state index in [1.54, 1.807) is 18.2 Å². The molecule has 1 atom stereocenters. The average molecular weight is 348 g/mol. The predicted octanol–water partition coefficient (Wildman–Crippen LogP) is 5.23. The summed E-state index contributed by atoms with van der Waals surface area (Å²) < 4.78 is 5.18. The van der Waals surface area contributed by atoms with Gasteiger partial charge in [0.15, 0.2) is 5.78 Å². The van der Waals surface area contributed by atoms with Crippen molar-refractivity contribution in [2.24, 2.45) is 5.41 Å². The molecular formula is C21H32O4. The van der Waals surface area contributed by atoms with Gasteiger partial charge in [-0.05, 0) is 24.1 Å². The molecule has 4 nitrogen and oxygen atoms in total. The lowest BCUT2D eigenvalue weighted by molar-refractivity contribution is -0.131. The van der Waals surface area contributed by atoms with Crippen molar-refractivity contribution in [2.75, 3.05) is 0 Å². The van der Waals surface area contributed by atoms with Crippen molar-refractivity contribution in [1.82, 2.24) is 0 Å². The molecule has 1 aromatic carbocycles. The molecule has 1 aromatic rings. The molecule has 140 valence electrons. The molecule has 0 fully saturated rings. The minimum atomic E-state index is -0.612. The number of aliphatic hydroxyl groups is 1. The summed E-state index contributed by atoms with van der Waals surface area (Å²) in [6.45, 7) is 8.95. The van der Waals surface area contributed by atoms with Crippen LogP contribution >= 0.6 is 0 Å². The second-order valence-electron chi connectivity index (χ2n) is 7.65. The van der Waals surface area contributed by atoms with Gasteiger partial charge in [0.1, 0.15) is 5.75 Å². The monoisotopic (exact) mass is 348 g/mol. The fraction of sp³-hybridized carbons (Fsp3) is 0.619. The van der Waals surface area contributed by atoms with Crippen molar-refractivity contribution in [1.29, 1.82) is 0 Å². The fourth-order valence-electron chi connectivity index (χ4n) is 2.69. The van der Waals surface area contributed by atoms with Crippen molar-refractivity contribution in [2.45, 2.75) is 79.2 Å². The molecule has 0 aliphatic carbocycles. The number of carbonyl (C=O) groups excluding carboxylic acids is 2. The Morgan fingerprint density at radius 1 is 1.12 bits per heavy atom. The van der Waals surface area contributed by atoms with E-state index in [0.717, 1.165) is 12.8 Å². The molecule has 0 saturated heterocycles. The number of benzene rings is 1. The molecule has 0 aliphatic heterocycles. The molecule has 1 unspecified atom stereocenters. The van der Waals surface area contributed by atoms with Gasteiger partial charge < -0.3 is 9.84 Å². The summed E-state index contributed by atoms with van der Waals surface area (Å²) in [6, 6.07) is 5.01. The standard InChI is InChI=1S/C21H32O4/c1-6-7-8-9-10-11-18(23)16-12-13-19(25-15(2)22)17(14-16)20(24)21(3,4)5/h12-14,18,23H,6-11H2,1-5H3. The topological polar surface area (TPSA) is 63.6 Å². The summed E-state index contributed by atoms with van der Waals surface area (Å²) in [6.07, 6.45) is 5.71. The van der Waals surface area contributed by atoms with Crippen LogP contribution in [0.3, 0.4) is 0 Å². The van der Waals surface area contributed by atoms with Gasteiger partial charge in [0.25, 0.3) is 0 Å².